The van der Waals surface area contributed by atoms with Crippen molar-refractivity contribution >= 4 is 11.9 Å². The second kappa shape index (κ2) is 10.1. The number of hydrogen-bond donors (Lipinski definition) is 0. The molecule has 3 aliphatic rings. The third kappa shape index (κ3) is 5.45. The van der Waals surface area contributed by atoms with Crippen LogP contribution in [0.15, 0.2) is 30.7 Å². The van der Waals surface area contributed by atoms with Gasteiger partial charge in [0.25, 0.3) is 0 Å². The molecule has 4 heterocycles. The molecule has 3 fully saturated rings. The predicted molar refractivity (Wildman–Crippen MR) is 127 cm³/mol. The third-order valence-electron chi connectivity index (χ3n) is 7.61. The first-order valence-electron chi connectivity index (χ1n) is 12.6. The monoisotopic (exact) mass is 449 g/mol. The van der Waals surface area contributed by atoms with Gasteiger partial charge < -0.3 is 14.5 Å². The number of likely N-dealkylation sites (tertiary alicyclic amines) is 1. The number of pyridine rings is 1. The summed E-state index contributed by atoms with van der Waals surface area (Å²) in [6.45, 7) is 6.77. The smallest absolute Gasteiger partial charge is 0.227 e. The molecule has 5 rings (SSSR count). The summed E-state index contributed by atoms with van der Waals surface area (Å²) in [5.74, 6) is 4.20. The molecule has 1 unspecified atom stereocenters. The van der Waals surface area contributed by atoms with Crippen LogP contribution in [0.2, 0.25) is 0 Å². The van der Waals surface area contributed by atoms with Gasteiger partial charge in [-0.05, 0) is 67.4 Å². The summed E-state index contributed by atoms with van der Waals surface area (Å²) in [6.07, 6.45) is 13.1. The maximum absolute atomic E-state index is 12.1. The molecular weight excluding hydrogens is 414 g/mol. The van der Waals surface area contributed by atoms with Gasteiger partial charge in [-0.25, -0.2) is 15.0 Å². The Morgan fingerprint density at radius 1 is 1.03 bits per heavy atom. The van der Waals surface area contributed by atoms with Gasteiger partial charge >= 0.3 is 0 Å². The zero-order valence-electron chi connectivity index (χ0n) is 19.7. The van der Waals surface area contributed by atoms with E-state index in [1.165, 1.54) is 24.8 Å². The number of aromatic nitrogens is 3. The number of amides is 1. The molecule has 7 nitrogen and oxygen atoms in total. The molecule has 1 saturated carbocycles. The molecule has 0 spiro atoms. The number of piperidine rings is 1. The highest BCUT2D eigenvalue weighted by molar-refractivity contribution is 5.79. The highest BCUT2D eigenvalue weighted by Gasteiger charge is 2.43. The van der Waals surface area contributed by atoms with Crippen LogP contribution in [-0.4, -0.2) is 58.5 Å². The van der Waals surface area contributed by atoms with Crippen molar-refractivity contribution in [3.63, 3.8) is 0 Å². The number of rotatable bonds is 9. The fourth-order valence-corrected chi connectivity index (χ4v) is 5.17. The first-order chi connectivity index (χ1) is 16.2. The first-order valence-corrected chi connectivity index (χ1v) is 12.6. The summed E-state index contributed by atoms with van der Waals surface area (Å²) in [5, 5.41) is 0. The topological polar surface area (TPSA) is 71.5 Å². The Balaban J connectivity index is 0.994. The summed E-state index contributed by atoms with van der Waals surface area (Å²) < 4.78 is 5.89. The van der Waals surface area contributed by atoms with Crippen LogP contribution in [0, 0.1) is 17.8 Å². The van der Waals surface area contributed by atoms with Gasteiger partial charge in [-0.2, -0.15) is 0 Å². The third-order valence-corrected chi connectivity index (χ3v) is 7.61. The molecule has 2 aromatic rings. The van der Waals surface area contributed by atoms with Crippen molar-refractivity contribution in [1.29, 1.82) is 0 Å². The van der Waals surface area contributed by atoms with E-state index in [-0.39, 0.29) is 5.91 Å². The van der Waals surface area contributed by atoms with E-state index in [4.69, 9.17) is 4.74 Å². The van der Waals surface area contributed by atoms with Crippen molar-refractivity contribution in [2.45, 2.75) is 51.9 Å². The molecule has 2 saturated heterocycles. The Hall–Kier alpha value is -2.70. The summed E-state index contributed by atoms with van der Waals surface area (Å²) in [5.41, 5.74) is 2.15. The number of hydrogen-bond acceptors (Lipinski definition) is 6. The lowest BCUT2D eigenvalue weighted by molar-refractivity contribution is -0.133. The molecule has 1 amide bonds. The minimum atomic E-state index is 0.198. The molecule has 0 radical (unpaired) electrons. The van der Waals surface area contributed by atoms with E-state index >= 15 is 0 Å². The van der Waals surface area contributed by atoms with Crippen molar-refractivity contribution in [2.75, 3.05) is 37.7 Å². The van der Waals surface area contributed by atoms with E-state index in [0.717, 1.165) is 81.3 Å². The Morgan fingerprint density at radius 2 is 1.79 bits per heavy atom. The molecule has 0 bridgehead atoms. The lowest BCUT2D eigenvalue weighted by Gasteiger charge is -2.32. The average molecular weight is 450 g/mol. The Morgan fingerprint density at radius 3 is 2.42 bits per heavy atom. The molecule has 33 heavy (non-hydrogen) atoms. The van der Waals surface area contributed by atoms with Crippen molar-refractivity contribution in [2.24, 2.45) is 17.8 Å². The zero-order chi connectivity index (χ0) is 22.6. The van der Waals surface area contributed by atoms with Crippen LogP contribution in [0.1, 0.15) is 50.2 Å². The molecule has 1 aliphatic carbocycles. The number of aryl methyl sites for hydroxylation is 1. The number of nitrogens with zero attached hydrogens (tertiary/aromatic N) is 5. The summed E-state index contributed by atoms with van der Waals surface area (Å²) in [7, 11) is 0. The SMILES string of the molecule is CCc1cnc(N2CCC(C3C[C@H]3CCOc3ccc(CC(=O)N4CCC4)cn3)CC2)nc1. The average Bonchev–Trinajstić information content (AvgIpc) is 3.59. The number of carbonyl (C=O) groups is 1. The van der Waals surface area contributed by atoms with Crippen molar-refractivity contribution in [3.8, 4) is 5.88 Å². The molecule has 2 atom stereocenters. The molecule has 2 aromatic heterocycles. The largest absolute Gasteiger partial charge is 0.478 e. The van der Waals surface area contributed by atoms with Gasteiger partial charge in [-0.1, -0.05) is 13.0 Å². The van der Waals surface area contributed by atoms with Crippen molar-refractivity contribution < 1.29 is 9.53 Å². The van der Waals surface area contributed by atoms with Crippen LogP contribution >= 0.6 is 0 Å². The lowest BCUT2D eigenvalue weighted by atomic mass is 9.90. The van der Waals surface area contributed by atoms with E-state index in [2.05, 4.69) is 26.8 Å². The molecule has 176 valence electrons. The van der Waals surface area contributed by atoms with Gasteiger partial charge in [-0.3, -0.25) is 4.79 Å². The van der Waals surface area contributed by atoms with Gasteiger partial charge in [0.15, 0.2) is 0 Å². The van der Waals surface area contributed by atoms with E-state index in [0.29, 0.717) is 12.3 Å². The maximum atomic E-state index is 12.1. The second-order valence-corrected chi connectivity index (χ2v) is 9.78. The molecule has 0 aromatic carbocycles. The van der Waals surface area contributed by atoms with Gasteiger partial charge in [-0.15, -0.1) is 0 Å². The Labute approximate surface area is 196 Å². The van der Waals surface area contributed by atoms with Crippen LogP contribution in [0.25, 0.3) is 0 Å². The maximum Gasteiger partial charge on any atom is 0.227 e. The molecule has 2 aliphatic heterocycles. The first kappa shape index (κ1) is 22.1. The summed E-state index contributed by atoms with van der Waals surface area (Å²) >= 11 is 0. The van der Waals surface area contributed by atoms with E-state index in [1.54, 1.807) is 6.20 Å². The van der Waals surface area contributed by atoms with E-state index < -0.39 is 0 Å². The van der Waals surface area contributed by atoms with Gasteiger partial charge in [0, 0.05) is 50.8 Å². The van der Waals surface area contributed by atoms with Crippen molar-refractivity contribution in [3.05, 3.63) is 41.9 Å². The van der Waals surface area contributed by atoms with Crippen molar-refractivity contribution in [1.82, 2.24) is 19.9 Å². The van der Waals surface area contributed by atoms with Crippen LogP contribution < -0.4 is 9.64 Å². The van der Waals surface area contributed by atoms with E-state index in [9.17, 15) is 4.79 Å². The zero-order valence-corrected chi connectivity index (χ0v) is 19.7. The minimum Gasteiger partial charge on any atom is -0.478 e. The fourth-order valence-electron chi connectivity index (χ4n) is 5.17. The van der Waals surface area contributed by atoms with Gasteiger partial charge in [0.1, 0.15) is 0 Å². The van der Waals surface area contributed by atoms with E-state index in [1.807, 2.05) is 29.4 Å². The van der Waals surface area contributed by atoms with Crippen LogP contribution in [0.3, 0.4) is 0 Å². The highest BCUT2D eigenvalue weighted by Crippen LogP contribution is 2.49. The normalized spacial score (nSPS) is 22.7. The second-order valence-electron chi connectivity index (χ2n) is 9.78. The number of ether oxygens (including phenoxy) is 1. The van der Waals surface area contributed by atoms with Gasteiger partial charge in [0.05, 0.1) is 13.0 Å². The minimum absolute atomic E-state index is 0.198. The Kier molecular flexibility index (Phi) is 6.74. The Bertz CT molecular complexity index is 921. The van der Waals surface area contributed by atoms with Crippen LogP contribution in [-0.2, 0) is 17.6 Å². The fraction of sp³-hybridized carbons (Fsp3) is 0.615. The summed E-state index contributed by atoms with van der Waals surface area (Å²) in [4.78, 5) is 29.8. The number of anilines is 1. The van der Waals surface area contributed by atoms with Gasteiger partial charge in [0.2, 0.25) is 17.7 Å². The molecular formula is C26H35N5O2. The quantitative estimate of drug-likeness (QED) is 0.583. The van der Waals surface area contributed by atoms with Crippen LogP contribution in [0.5, 0.6) is 5.88 Å². The lowest BCUT2D eigenvalue weighted by Crippen LogP contribution is -2.42. The summed E-state index contributed by atoms with van der Waals surface area (Å²) in [6, 6.07) is 3.86. The molecule has 7 heteroatoms. The highest BCUT2D eigenvalue weighted by atomic mass is 16.5. The predicted octanol–water partition coefficient (Wildman–Crippen LogP) is 3.53. The standard InChI is InChI=1S/C26H35N5O2/c1-2-19-16-28-26(29-17-19)31-11-6-21(7-12-31)23-15-22(23)8-13-33-24-5-4-20(18-27-24)14-25(32)30-9-3-10-30/h4-5,16-18,21-23H,2-3,6-15H2,1H3/t22-,23?/m1/s1. The van der Waals surface area contributed by atoms with Crippen LogP contribution in [0.4, 0.5) is 5.95 Å². The molecule has 0 N–H and O–H groups in total. The number of carbonyl (C=O) groups excluding carboxylic acids is 1.